The van der Waals surface area contributed by atoms with Gasteiger partial charge in [0.1, 0.15) is 6.61 Å². The molecule has 0 heterocycles. The third-order valence-corrected chi connectivity index (χ3v) is 3.12. The maximum absolute atomic E-state index is 12.2. The highest BCUT2D eigenvalue weighted by molar-refractivity contribution is 6.07. The Labute approximate surface area is 145 Å². The molecule has 1 N–H and O–H groups in total. The molecule has 0 bridgehead atoms. The maximum Gasteiger partial charge on any atom is 0.408 e. The Hall–Kier alpha value is -3.08. The van der Waals surface area contributed by atoms with E-state index in [1.165, 1.54) is 13.8 Å². The first-order chi connectivity index (χ1) is 12.0. The van der Waals surface area contributed by atoms with Gasteiger partial charge in [-0.2, -0.15) is 5.26 Å². The molecular formula is C17H20N2O6. The summed E-state index contributed by atoms with van der Waals surface area (Å²) in [5.41, 5.74) is -1.55. The average Bonchev–Trinajstić information content (AvgIpc) is 2.60. The number of rotatable bonds is 8. The molecule has 0 saturated heterocycles. The van der Waals surface area contributed by atoms with E-state index in [1.54, 1.807) is 30.3 Å². The highest BCUT2D eigenvalue weighted by Crippen LogP contribution is 2.16. The number of amides is 1. The lowest BCUT2D eigenvalue weighted by Gasteiger charge is -2.27. The Kier molecular flexibility index (Phi) is 7.93. The van der Waals surface area contributed by atoms with E-state index in [9.17, 15) is 14.4 Å². The third kappa shape index (κ3) is 5.49. The van der Waals surface area contributed by atoms with E-state index >= 15 is 0 Å². The molecule has 0 unspecified atom stereocenters. The van der Waals surface area contributed by atoms with E-state index in [2.05, 4.69) is 5.32 Å². The van der Waals surface area contributed by atoms with Crippen molar-refractivity contribution in [3.8, 4) is 6.07 Å². The Bertz CT molecular complexity index is 620. The molecule has 0 saturated carbocycles. The van der Waals surface area contributed by atoms with E-state index in [-0.39, 0.29) is 19.8 Å². The molecule has 0 fully saturated rings. The fraction of sp³-hybridized carbons (Fsp3) is 0.412. The molecular weight excluding hydrogens is 328 g/mol. The molecule has 1 aromatic carbocycles. The van der Waals surface area contributed by atoms with Crippen molar-refractivity contribution in [3.05, 3.63) is 35.9 Å². The zero-order valence-corrected chi connectivity index (χ0v) is 14.1. The van der Waals surface area contributed by atoms with Crippen LogP contribution >= 0.6 is 0 Å². The van der Waals surface area contributed by atoms with Crippen LogP contribution in [0.25, 0.3) is 0 Å². The van der Waals surface area contributed by atoms with Crippen LogP contribution in [0.1, 0.15) is 25.8 Å². The molecule has 0 aromatic heterocycles. The lowest BCUT2D eigenvalue weighted by molar-refractivity contribution is -0.165. The Balaban J connectivity index is 2.93. The lowest BCUT2D eigenvalue weighted by Crippen LogP contribution is -2.61. The van der Waals surface area contributed by atoms with Gasteiger partial charge in [-0.3, -0.25) is 5.32 Å². The maximum atomic E-state index is 12.2. The standard InChI is InChI=1S/C17H20N2O6/c1-3-23-14(20)17(10-11-18,15(21)24-4-2)19-16(22)25-12-13-8-6-5-7-9-13/h5-9H,3-4,10,12H2,1-2H3,(H,19,22). The summed E-state index contributed by atoms with van der Waals surface area (Å²) in [6.07, 6.45) is -1.69. The minimum atomic E-state index is -2.27. The molecule has 25 heavy (non-hydrogen) atoms. The molecule has 0 aliphatic carbocycles. The number of nitriles is 1. The van der Waals surface area contributed by atoms with Crippen LogP contribution in [-0.4, -0.2) is 36.8 Å². The Morgan fingerprint density at radius 1 is 1.04 bits per heavy atom. The molecule has 0 spiro atoms. The molecule has 0 atom stereocenters. The summed E-state index contributed by atoms with van der Waals surface area (Å²) in [4.78, 5) is 36.5. The highest BCUT2D eigenvalue weighted by Gasteiger charge is 2.51. The van der Waals surface area contributed by atoms with Gasteiger partial charge < -0.3 is 14.2 Å². The van der Waals surface area contributed by atoms with Gasteiger partial charge in [-0.25, -0.2) is 14.4 Å². The minimum Gasteiger partial charge on any atom is -0.464 e. The first-order valence-electron chi connectivity index (χ1n) is 7.70. The molecule has 1 rings (SSSR count). The first-order valence-corrected chi connectivity index (χ1v) is 7.70. The lowest BCUT2D eigenvalue weighted by atomic mass is 9.96. The second-order valence-corrected chi connectivity index (χ2v) is 4.87. The molecule has 1 aromatic rings. The third-order valence-electron chi connectivity index (χ3n) is 3.12. The number of carbonyl (C=O) groups excluding carboxylic acids is 3. The summed E-state index contributed by atoms with van der Waals surface area (Å²) in [7, 11) is 0. The normalized spacial score (nSPS) is 10.3. The summed E-state index contributed by atoms with van der Waals surface area (Å²) in [5, 5.41) is 11.1. The van der Waals surface area contributed by atoms with Crippen molar-refractivity contribution in [1.29, 1.82) is 5.26 Å². The van der Waals surface area contributed by atoms with Crippen LogP contribution in [0.5, 0.6) is 0 Å². The van der Waals surface area contributed by atoms with Crippen LogP contribution in [0.2, 0.25) is 0 Å². The van der Waals surface area contributed by atoms with Crippen LogP contribution in [0.4, 0.5) is 4.79 Å². The summed E-state index contributed by atoms with van der Waals surface area (Å²) in [5.74, 6) is -2.15. The fourth-order valence-electron chi connectivity index (χ4n) is 1.93. The van der Waals surface area contributed by atoms with Crippen molar-refractivity contribution >= 4 is 18.0 Å². The second-order valence-electron chi connectivity index (χ2n) is 4.87. The Morgan fingerprint density at radius 2 is 1.60 bits per heavy atom. The van der Waals surface area contributed by atoms with Gasteiger partial charge in [0.05, 0.1) is 25.7 Å². The fourth-order valence-corrected chi connectivity index (χ4v) is 1.93. The highest BCUT2D eigenvalue weighted by atomic mass is 16.6. The number of nitrogens with zero attached hydrogens (tertiary/aromatic N) is 1. The number of nitrogens with one attached hydrogen (secondary N) is 1. The average molecular weight is 348 g/mol. The van der Waals surface area contributed by atoms with E-state index in [1.807, 2.05) is 6.07 Å². The van der Waals surface area contributed by atoms with Crippen molar-refractivity contribution in [2.24, 2.45) is 0 Å². The van der Waals surface area contributed by atoms with Gasteiger partial charge in [0.25, 0.3) is 5.54 Å². The van der Waals surface area contributed by atoms with Gasteiger partial charge in [-0.05, 0) is 19.4 Å². The van der Waals surface area contributed by atoms with Gasteiger partial charge in [0.2, 0.25) is 0 Å². The molecule has 0 aliphatic heterocycles. The van der Waals surface area contributed by atoms with Crippen molar-refractivity contribution < 1.29 is 28.6 Å². The summed E-state index contributed by atoms with van der Waals surface area (Å²) in [6.45, 7) is 2.93. The molecule has 0 aliphatic rings. The van der Waals surface area contributed by atoms with E-state index in [4.69, 9.17) is 19.5 Å². The summed E-state index contributed by atoms with van der Waals surface area (Å²) >= 11 is 0. The SMILES string of the molecule is CCOC(=O)C(CC#N)(NC(=O)OCc1ccccc1)C(=O)OCC. The number of benzene rings is 1. The number of hydrogen-bond acceptors (Lipinski definition) is 7. The zero-order valence-electron chi connectivity index (χ0n) is 14.1. The molecule has 1 amide bonds. The smallest absolute Gasteiger partial charge is 0.408 e. The summed E-state index contributed by atoms with van der Waals surface area (Å²) in [6, 6.07) is 10.5. The van der Waals surface area contributed by atoms with Crippen molar-refractivity contribution in [3.63, 3.8) is 0 Å². The number of ether oxygens (including phenoxy) is 3. The van der Waals surface area contributed by atoms with Crippen LogP contribution in [0.15, 0.2) is 30.3 Å². The number of hydrogen-bond donors (Lipinski definition) is 1. The van der Waals surface area contributed by atoms with Crippen LogP contribution in [0.3, 0.4) is 0 Å². The molecule has 0 radical (unpaired) electrons. The zero-order chi connectivity index (χ0) is 18.7. The van der Waals surface area contributed by atoms with Gasteiger partial charge in [-0.15, -0.1) is 0 Å². The Morgan fingerprint density at radius 3 is 2.08 bits per heavy atom. The number of esters is 2. The predicted octanol–water partition coefficient (Wildman–Crippen LogP) is 1.69. The van der Waals surface area contributed by atoms with Gasteiger partial charge in [0, 0.05) is 0 Å². The number of carbonyl (C=O) groups is 3. The molecule has 134 valence electrons. The van der Waals surface area contributed by atoms with Crippen molar-refractivity contribution in [1.82, 2.24) is 5.32 Å². The summed E-state index contributed by atoms with van der Waals surface area (Å²) < 4.78 is 14.7. The molecule has 8 nitrogen and oxygen atoms in total. The van der Waals surface area contributed by atoms with E-state index < -0.39 is 30.0 Å². The van der Waals surface area contributed by atoms with Crippen molar-refractivity contribution in [2.75, 3.05) is 13.2 Å². The monoisotopic (exact) mass is 348 g/mol. The van der Waals surface area contributed by atoms with E-state index in [0.29, 0.717) is 0 Å². The predicted molar refractivity (Wildman–Crippen MR) is 86.0 cm³/mol. The van der Waals surface area contributed by atoms with Crippen LogP contribution in [-0.2, 0) is 30.4 Å². The first kappa shape index (κ1) is 20.0. The van der Waals surface area contributed by atoms with Crippen LogP contribution < -0.4 is 5.32 Å². The quantitative estimate of drug-likeness (QED) is 0.432. The second kappa shape index (κ2) is 9.93. The van der Waals surface area contributed by atoms with Gasteiger partial charge in [0.15, 0.2) is 0 Å². The van der Waals surface area contributed by atoms with Gasteiger partial charge >= 0.3 is 18.0 Å². The van der Waals surface area contributed by atoms with E-state index in [0.717, 1.165) is 5.56 Å². The number of alkyl carbamates (subject to hydrolysis) is 1. The minimum absolute atomic E-state index is 0.0356. The van der Waals surface area contributed by atoms with Gasteiger partial charge in [-0.1, -0.05) is 30.3 Å². The molecule has 8 heteroatoms. The topological polar surface area (TPSA) is 115 Å². The van der Waals surface area contributed by atoms with Crippen molar-refractivity contribution in [2.45, 2.75) is 32.4 Å². The van der Waals surface area contributed by atoms with Crippen LogP contribution in [0, 0.1) is 11.3 Å². The largest absolute Gasteiger partial charge is 0.464 e.